The molecule has 0 aliphatic carbocycles. The van der Waals surface area contributed by atoms with Gasteiger partial charge in [0.1, 0.15) is 5.75 Å². The fourth-order valence-corrected chi connectivity index (χ4v) is 2.85. The van der Waals surface area contributed by atoms with Crippen LogP contribution < -0.4 is 10.1 Å². The van der Waals surface area contributed by atoms with E-state index in [1.165, 1.54) is 11.3 Å². The molecule has 1 amide bonds. The number of aliphatic carboxylic acids is 1. The first-order valence-electron chi connectivity index (χ1n) is 6.44. The van der Waals surface area contributed by atoms with Gasteiger partial charge in [-0.05, 0) is 24.1 Å². The third kappa shape index (κ3) is 4.16. The van der Waals surface area contributed by atoms with Crippen LogP contribution in [0.4, 0.5) is 5.13 Å². The lowest BCUT2D eigenvalue weighted by molar-refractivity contribution is -0.138. The topological polar surface area (TPSA) is 88.5 Å². The van der Waals surface area contributed by atoms with Crippen molar-refractivity contribution in [1.29, 1.82) is 0 Å². The van der Waals surface area contributed by atoms with E-state index in [9.17, 15) is 9.59 Å². The van der Waals surface area contributed by atoms with Crippen LogP contribution in [0.2, 0.25) is 0 Å². The Balaban J connectivity index is 2.02. The summed E-state index contributed by atoms with van der Waals surface area (Å²) in [7, 11) is 1.59. The Hall–Kier alpha value is -2.15. The van der Waals surface area contributed by atoms with Gasteiger partial charge in [0.25, 0.3) is 0 Å². The van der Waals surface area contributed by atoms with Crippen LogP contribution in [0.5, 0.6) is 5.75 Å². The molecule has 0 saturated carbocycles. The minimum Gasteiger partial charge on any atom is -0.497 e. The van der Waals surface area contributed by atoms with Gasteiger partial charge in [0, 0.05) is 12.8 Å². The number of amides is 1. The number of carbonyl (C=O) groups is 2. The number of ether oxygens (including phenoxy) is 1. The lowest BCUT2D eigenvalue weighted by Crippen LogP contribution is -2.16. The second-order valence-corrected chi connectivity index (χ2v) is 5.84. The molecule has 0 radical (unpaired) electrons. The first kappa shape index (κ1) is 15.2. The summed E-state index contributed by atoms with van der Waals surface area (Å²) in [6, 6.07) is 5.49. The summed E-state index contributed by atoms with van der Waals surface area (Å²) in [5.74, 6) is -0.603. The van der Waals surface area contributed by atoms with E-state index in [2.05, 4.69) is 10.3 Å². The van der Waals surface area contributed by atoms with Crippen LogP contribution >= 0.6 is 11.3 Å². The van der Waals surface area contributed by atoms with E-state index >= 15 is 0 Å². The normalized spacial score (nSPS) is 12.1. The molecule has 2 rings (SSSR count). The number of nitrogens with one attached hydrogen (secondary N) is 1. The summed E-state index contributed by atoms with van der Waals surface area (Å²) >= 11 is 1.36. The monoisotopic (exact) mass is 308 g/mol. The van der Waals surface area contributed by atoms with E-state index in [4.69, 9.17) is 9.84 Å². The molecule has 2 N–H and O–H groups in total. The zero-order valence-electron chi connectivity index (χ0n) is 11.8. The Morgan fingerprint density at radius 3 is 2.86 bits per heavy atom. The molecule has 0 fully saturated rings. The number of benzene rings is 1. The first-order chi connectivity index (χ1) is 9.97. The van der Waals surface area contributed by atoms with Crippen LogP contribution in [-0.2, 0) is 9.59 Å². The fraction of sp³-hybridized carbons (Fsp3) is 0.357. The molecule has 1 unspecified atom stereocenters. The fourth-order valence-electron chi connectivity index (χ4n) is 1.94. The summed E-state index contributed by atoms with van der Waals surface area (Å²) in [5, 5.41) is 11.9. The summed E-state index contributed by atoms with van der Waals surface area (Å²) in [4.78, 5) is 26.7. The van der Waals surface area contributed by atoms with Gasteiger partial charge in [0.15, 0.2) is 5.13 Å². The minimum absolute atomic E-state index is 0.0233. The van der Waals surface area contributed by atoms with E-state index in [0.717, 1.165) is 16.0 Å². The van der Waals surface area contributed by atoms with Gasteiger partial charge in [-0.3, -0.25) is 9.59 Å². The highest BCUT2D eigenvalue weighted by atomic mass is 32.1. The summed E-state index contributed by atoms with van der Waals surface area (Å²) < 4.78 is 6.06. The van der Waals surface area contributed by atoms with Crippen molar-refractivity contribution in [1.82, 2.24) is 4.98 Å². The van der Waals surface area contributed by atoms with Crippen molar-refractivity contribution < 1.29 is 19.4 Å². The molecule has 2 aromatic rings. The Labute approximate surface area is 125 Å². The third-order valence-electron chi connectivity index (χ3n) is 2.90. The second-order valence-electron chi connectivity index (χ2n) is 4.81. The quantitative estimate of drug-likeness (QED) is 0.856. The largest absolute Gasteiger partial charge is 0.497 e. The number of carboxylic acid groups (broad SMARTS) is 1. The number of thiazole rings is 1. The molecule has 0 bridgehead atoms. The summed E-state index contributed by atoms with van der Waals surface area (Å²) in [5.41, 5.74) is 0.787. The van der Waals surface area contributed by atoms with E-state index in [1.54, 1.807) is 14.0 Å². The lowest BCUT2D eigenvalue weighted by Gasteiger charge is -2.07. The van der Waals surface area contributed by atoms with Gasteiger partial charge in [-0.1, -0.05) is 18.3 Å². The molecule has 6 nitrogen and oxygen atoms in total. The van der Waals surface area contributed by atoms with E-state index < -0.39 is 5.97 Å². The molecule has 1 aromatic heterocycles. The average Bonchev–Trinajstić information content (AvgIpc) is 2.77. The number of rotatable bonds is 6. The molecular weight excluding hydrogens is 292 g/mol. The molecule has 0 aliphatic heterocycles. The number of carboxylic acids is 1. The van der Waals surface area contributed by atoms with E-state index in [0.29, 0.717) is 5.13 Å². The van der Waals surface area contributed by atoms with Crippen LogP contribution in [0, 0.1) is 5.92 Å². The predicted octanol–water partition coefficient (Wildman–Crippen LogP) is 2.74. The van der Waals surface area contributed by atoms with Crippen LogP contribution in [0.15, 0.2) is 18.2 Å². The lowest BCUT2D eigenvalue weighted by atomic mass is 10.0. The first-order valence-corrected chi connectivity index (χ1v) is 7.26. The van der Waals surface area contributed by atoms with Gasteiger partial charge >= 0.3 is 5.97 Å². The molecule has 1 atom stereocenters. The number of carbonyl (C=O) groups excluding carboxylic acids is 1. The smallest absolute Gasteiger partial charge is 0.303 e. The highest BCUT2D eigenvalue weighted by Crippen LogP contribution is 2.29. The molecule has 1 aromatic carbocycles. The average molecular weight is 308 g/mol. The number of anilines is 1. The standard InChI is InChI=1S/C14H16N2O4S/c1-8(6-13(18)19)5-12(17)16-14-15-10-4-3-9(20-2)7-11(10)21-14/h3-4,7-8H,5-6H2,1-2H3,(H,18,19)(H,15,16,17). The van der Waals surface area contributed by atoms with Crippen molar-refractivity contribution in [2.24, 2.45) is 5.92 Å². The number of methoxy groups -OCH3 is 1. The van der Waals surface area contributed by atoms with Crippen LogP contribution in [-0.4, -0.2) is 29.1 Å². The molecular formula is C14H16N2O4S. The third-order valence-corrected chi connectivity index (χ3v) is 3.83. The molecule has 0 spiro atoms. The van der Waals surface area contributed by atoms with Crippen LogP contribution in [0.3, 0.4) is 0 Å². The van der Waals surface area contributed by atoms with Gasteiger partial charge < -0.3 is 15.2 Å². The van der Waals surface area contributed by atoms with Crippen molar-refractivity contribution in [2.75, 3.05) is 12.4 Å². The molecule has 112 valence electrons. The van der Waals surface area contributed by atoms with Crippen LogP contribution in [0.25, 0.3) is 10.2 Å². The van der Waals surface area contributed by atoms with Crippen molar-refractivity contribution >= 4 is 38.6 Å². The number of fused-ring (bicyclic) bond motifs is 1. The number of hydrogen-bond acceptors (Lipinski definition) is 5. The van der Waals surface area contributed by atoms with Crippen molar-refractivity contribution in [3.05, 3.63) is 18.2 Å². The molecule has 0 aliphatic rings. The number of aromatic nitrogens is 1. The highest BCUT2D eigenvalue weighted by molar-refractivity contribution is 7.22. The minimum atomic E-state index is -0.901. The molecule has 7 heteroatoms. The maximum atomic E-state index is 11.8. The summed E-state index contributed by atoms with van der Waals surface area (Å²) in [6.07, 6.45) is 0.135. The van der Waals surface area contributed by atoms with E-state index in [-0.39, 0.29) is 24.7 Å². The Morgan fingerprint density at radius 2 is 2.19 bits per heavy atom. The van der Waals surface area contributed by atoms with Gasteiger partial charge in [-0.25, -0.2) is 4.98 Å². The summed E-state index contributed by atoms with van der Waals surface area (Å²) in [6.45, 7) is 1.73. The zero-order valence-corrected chi connectivity index (χ0v) is 12.6. The molecule has 1 heterocycles. The number of hydrogen-bond donors (Lipinski definition) is 2. The maximum Gasteiger partial charge on any atom is 0.303 e. The second kappa shape index (κ2) is 6.53. The predicted molar refractivity (Wildman–Crippen MR) is 80.8 cm³/mol. The Bertz CT molecular complexity index is 668. The van der Waals surface area contributed by atoms with Crippen molar-refractivity contribution in [3.8, 4) is 5.75 Å². The van der Waals surface area contributed by atoms with Gasteiger partial charge in [0.05, 0.1) is 17.3 Å². The maximum absolute atomic E-state index is 11.8. The Kier molecular flexibility index (Phi) is 4.74. The van der Waals surface area contributed by atoms with E-state index in [1.807, 2.05) is 18.2 Å². The number of nitrogens with zero attached hydrogens (tertiary/aromatic N) is 1. The zero-order chi connectivity index (χ0) is 15.4. The Morgan fingerprint density at radius 1 is 1.43 bits per heavy atom. The highest BCUT2D eigenvalue weighted by Gasteiger charge is 2.14. The van der Waals surface area contributed by atoms with Gasteiger partial charge in [-0.15, -0.1) is 0 Å². The van der Waals surface area contributed by atoms with Gasteiger partial charge in [-0.2, -0.15) is 0 Å². The SMILES string of the molecule is COc1ccc2nc(NC(=O)CC(C)CC(=O)O)sc2c1. The van der Waals surface area contributed by atoms with Crippen LogP contribution in [0.1, 0.15) is 19.8 Å². The van der Waals surface area contributed by atoms with Gasteiger partial charge in [0.2, 0.25) is 5.91 Å². The van der Waals surface area contributed by atoms with Crippen molar-refractivity contribution in [2.45, 2.75) is 19.8 Å². The van der Waals surface area contributed by atoms with Crippen molar-refractivity contribution in [3.63, 3.8) is 0 Å². The molecule has 21 heavy (non-hydrogen) atoms. The molecule has 0 saturated heterocycles.